The van der Waals surface area contributed by atoms with Crippen LogP contribution in [0.25, 0.3) is 0 Å². The van der Waals surface area contributed by atoms with Gasteiger partial charge in [0.05, 0.1) is 24.3 Å². The van der Waals surface area contributed by atoms with E-state index in [4.69, 9.17) is 16.9 Å². The van der Waals surface area contributed by atoms with Crippen molar-refractivity contribution in [3.8, 4) is 6.07 Å². The van der Waals surface area contributed by atoms with Crippen molar-refractivity contribution in [1.29, 1.82) is 5.26 Å². The van der Waals surface area contributed by atoms with Crippen LogP contribution in [0.4, 0.5) is 18.9 Å². The van der Waals surface area contributed by atoms with E-state index in [1.165, 1.54) is 18.2 Å². The number of hydrogen-bond donors (Lipinski definition) is 2. The van der Waals surface area contributed by atoms with E-state index in [-0.39, 0.29) is 11.3 Å². The predicted molar refractivity (Wildman–Crippen MR) is 63.7 cm³/mol. The molecular weight excluding hydrogens is 283 g/mol. The number of carbonyl (C=O) groups excluding carboxylic acids is 1. The van der Waals surface area contributed by atoms with Crippen LogP contribution in [0.5, 0.6) is 0 Å². The quantitative estimate of drug-likeness (QED) is 0.894. The second kappa shape index (κ2) is 6.41. The van der Waals surface area contributed by atoms with Gasteiger partial charge < -0.3 is 10.6 Å². The minimum Gasteiger partial charge on any atom is -0.324 e. The Bertz CT molecular complexity index is 511. The third kappa shape index (κ3) is 5.59. The zero-order valence-electron chi connectivity index (χ0n) is 9.51. The Labute approximate surface area is 112 Å². The van der Waals surface area contributed by atoms with E-state index in [9.17, 15) is 18.0 Å². The van der Waals surface area contributed by atoms with Gasteiger partial charge in [-0.2, -0.15) is 18.4 Å². The van der Waals surface area contributed by atoms with E-state index in [0.29, 0.717) is 5.02 Å². The summed E-state index contributed by atoms with van der Waals surface area (Å²) >= 11 is 5.70. The van der Waals surface area contributed by atoms with Crippen LogP contribution < -0.4 is 10.6 Å². The van der Waals surface area contributed by atoms with E-state index >= 15 is 0 Å². The number of amides is 1. The zero-order valence-corrected chi connectivity index (χ0v) is 10.3. The summed E-state index contributed by atoms with van der Waals surface area (Å²) in [4.78, 5) is 11.4. The SMILES string of the molecule is N#Cc1ccc(Cl)cc1NC(=O)CNCC(F)(F)F. The van der Waals surface area contributed by atoms with Crippen LogP contribution in [-0.4, -0.2) is 25.2 Å². The minimum absolute atomic E-state index is 0.161. The Morgan fingerprint density at radius 2 is 2.11 bits per heavy atom. The first kappa shape index (κ1) is 15.3. The molecule has 1 aromatic carbocycles. The molecule has 0 aliphatic rings. The second-order valence-electron chi connectivity index (χ2n) is 3.57. The normalized spacial score (nSPS) is 10.9. The molecule has 19 heavy (non-hydrogen) atoms. The molecule has 0 fully saturated rings. The fourth-order valence-corrected chi connectivity index (χ4v) is 1.40. The molecule has 0 heterocycles. The van der Waals surface area contributed by atoms with Crippen LogP contribution >= 0.6 is 11.6 Å². The Morgan fingerprint density at radius 3 is 2.68 bits per heavy atom. The number of nitrogens with one attached hydrogen (secondary N) is 2. The molecule has 0 aliphatic carbocycles. The number of alkyl halides is 3. The molecule has 0 aliphatic heterocycles. The van der Waals surface area contributed by atoms with Crippen molar-refractivity contribution < 1.29 is 18.0 Å². The number of rotatable bonds is 4. The predicted octanol–water partition coefficient (Wildman–Crippen LogP) is 2.30. The summed E-state index contributed by atoms with van der Waals surface area (Å²) in [5, 5.41) is 13.4. The molecule has 1 amide bonds. The lowest BCUT2D eigenvalue weighted by molar-refractivity contribution is -0.126. The van der Waals surface area contributed by atoms with Crippen molar-refractivity contribution in [1.82, 2.24) is 5.32 Å². The highest BCUT2D eigenvalue weighted by atomic mass is 35.5. The summed E-state index contributed by atoms with van der Waals surface area (Å²) in [5.74, 6) is -0.692. The van der Waals surface area contributed by atoms with E-state index in [1.807, 2.05) is 11.4 Å². The first-order valence-corrected chi connectivity index (χ1v) is 5.46. The van der Waals surface area contributed by atoms with Crippen LogP contribution in [0, 0.1) is 11.3 Å². The number of halogens is 4. The first-order valence-electron chi connectivity index (χ1n) is 5.09. The molecule has 0 bridgehead atoms. The van der Waals surface area contributed by atoms with Crippen molar-refractivity contribution in [2.75, 3.05) is 18.4 Å². The lowest BCUT2D eigenvalue weighted by Crippen LogP contribution is -2.35. The van der Waals surface area contributed by atoms with Crippen molar-refractivity contribution in [2.24, 2.45) is 0 Å². The molecular formula is C11H9ClF3N3O. The van der Waals surface area contributed by atoms with Crippen molar-refractivity contribution in [3.05, 3.63) is 28.8 Å². The molecule has 4 nitrogen and oxygen atoms in total. The van der Waals surface area contributed by atoms with Crippen LogP contribution in [-0.2, 0) is 4.79 Å². The summed E-state index contributed by atoms with van der Waals surface area (Å²) in [6.45, 7) is -1.78. The molecule has 2 N–H and O–H groups in total. The third-order valence-electron chi connectivity index (χ3n) is 1.99. The molecule has 8 heteroatoms. The highest BCUT2D eigenvalue weighted by Gasteiger charge is 2.26. The topological polar surface area (TPSA) is 64.9 Å². The zero-order chi connectivity index (χ0) is 14.5. The van der Waals surface area contributed by atoms with Crippen molar-refractivity contribution in [3.63, 3.8) is 0 Å². The van der Waals surface area contributed by atoms with Gasteiger partial charge in [0.25, 0.3) is 0 Å². The Hall–Kier alpha value is -1.78. The van der Waals surface area contributed by atoms with Gasteiger partial charge >= 0.3 is 6.18 Å². The van der Waals surface area contributed by atoms with Crippen LogP contribution in [0.15, 0.2) is 18.2 Å². The fraction of sp³-hybridized carbons (Fsp3) is 0.273. The lowest BCUT2D eigenvalue weighted by Gasteiger charge is -2.10. The van der Waals surface area contributed by atoms with Gasteiger partial charge in [0.2, 0.25) is 5.91 Å². The number of hydrogen-bond acceptors (Lipinski definition) is 3. The van der Waals surface area contributed by atoms with Crippen LogP contribution in [0.3, 0.4) is 0 Å². The molecule has 1 aromatic rings. The molecule has 0 saturated carbocycles. The smallest absolute Gasteiger partial charge is 0.324 e. The molecule has 0 atom stereocenters. The van der Waals surface area contributed by atoms with Gasteiger partial charge in [0.1, 0.15) is 6.07 Å². The highest BCUT2D eigenvalue weighted by molar-refractivity contribution is 6.31. The number of anilines is 1. The van der Waals surface area contributed by atoms with E-state index in [2.05, 4.69) is 5.32 Å². The molecule has 102 valence electrons. The van der Waals surface area contributed by atoms with Crippen molar-refractivity contribution in [2.45, 2.75) is 6.18 Å². The third-order valence-corrected chi connectivity index (χ3v) is 2.22. The van der Waals surface area contributed by atoms with Gasteiger partial charge in [0.15, 0.2) is 0 Å². The second-order valence-corrected chi connectivity index (χ2v) is 4.01. The molecule has 0 radical (unpaired) electrons. The average molecular weight is 292 g/mol. The van der Waals surface area contributed by atoms with Gasteiger partial charge in [-0.25, -0.2) is 0 Å². The maximum absolute atomic E-state index is 11.8. The lowest BCUT2D eigenvalue weighted by atomic mass is 10.2. The van der Waals surface area contributed by atoms with E-state index in [0.717, 1.165) is 0 Å². The van der Waals surface area contributed by atoms with Gasteiger partial charge in [-0.1, -0.05) is 11.6 Å². The fourth-order valence-electron chi connectivity index (χ4n) is 1.23. The number of nitrogens with zero attached hydrogens (tertiary/aromatic N) is 1. The van der Waals surface area contributed by atoms with Crippen LogP contribution in [0.2, 0.25) is 5.02 Å². The number of nitriles is 1. The molecule has 0 spiro atoms. The van der Waals surface area contributed by atoms with Gasteiger partial charge in [-0.05, 0) is 18.2 Å². The molecule has 1 rings (SSSR count). The molecule has 0 unspecified atom stereocenters. The molecule has 0 aromatic heterocycles. The Kier molecular flexibility index (Phi) is 5.15. The van der Waals surface area contributed by atoms with E-state index < -0.39 is 25.2 Å². The van der Waals surface area contributed by atoms with Gasteiger partial charge in [-0.3, -0.25) is 4.79 Å². The number of benzene rings is 1. The summed E-state index contributed by atoms with van der Waals surface area (Å²) < 4.78 is 35.5. The highest BCUT2D eigenvalue weighted by Crippen LogP contribution is 2.20. The van der Waals surface area contributed by atoms with Gasteiger partial charge in [0, 0.05) is 5.02 Å². The number of carbonyl (C=O) groups is 1. The summed E-state index contributed by atoms with van der Waals surface area (Å²) in [6.07, 6.45) is -4.38. The maximum Gasteiger partial charge on any atom is 0.401 e. The Morgan fingerprint density at radius 1 is 1.42 bits per heavy atom. The summed E-state index contributed by atoms with van der Waals surface area (Å²) in [5.41, 5.74) is 0.336. The largest absolute Gasteiger partial charge is 0.401 e. The summed E-state index contributed by atoms with van der Waals surface area (Å²) in [6, 6.07) is 6.06. The van der Waals surface area contributed by atoms with Gasteiger partial charge in [-0.15, -0.1) is 0 Å². The molecule has 0 saturated heterocycles. The van der Waals surface area contributed by atoms with E-state index in [1.54, 1.807) is 0 Å². The Balaban J connectivity index is 2.58. The van der Waals surface area contributed by atoms with Crippen molar-refractivity contribution >= 4 is 23.2 Å². The maximum atomic E-state index is 11.8. The average Bonchev–Trinajstić information content (AvgIpc) is 2.27. The first-order chi connectivity index (χ1) is 8.81. The minimum atomic E-state index is -4.38. The monoisotopic (exact) mass is 291 g/mol. The standard InChI is InChI=1S/C11H9ClF3N3O/c12-8-2-1-7(4-16)9(3-8)18-10(19)5-17-6-11(13,14)15/h1-3,17H,5-6H2,(H,18,19). The van der Waals surface area contributed by atoms with Crippen LogP contribution in [0.1, 0.15) is 5.56 Å². The summed E-state index contributed by atoms with van der Waals surface area (Å²) in [7, 11) is 0.